The number of hydrogen-bond donors (Lipinski definition) is 5. The molecule has 5 N–H and O–H groups in total. The van der Waals surface area contributed by atoms with Crippen LogP contribution in [0.3, 0.4) is 0 Å². The number of aryl methyl sites for hydroxylation is 1. The lowest BCUT2D eigenvalue weighted by Crippen LogP contribution is -2.62. The van der Waals surface area contributed by atoms with Gasteiger partial charge in [0.15, 0.2) is 0 Å². The summed E-state index contributed by atoms with van der Waals surface area (Å²) >= 11 is 0. The van der Waals surface area contributed by atoms with E-state index in [1.54, 1.807) is 46.3 Å². The second-order valence-corrected chi connectivity index (χ2v) is 19.6. The molecule has 6 bridgehead atoms. The maximum Gasteiger partial charge on any atom is 0.324 e. The Hall–Kier alpha value is -6.63. The van der Waals surface area contributed by atoms with Crippen molar-refractivity contribution in [3.8, 4) is 28.1 Å². The normalized spacial score (nSPS) is 20.2. The van der Waals surface area contributed by atoms with E-state index >= 15 is 0 Å². The minimum Gasteiger partial charge on any atom is -0.508 e. The second-order valence-electron chi connectivity index (χ2n) is 19.6. The number of esters is 1. The van der Waals surface area contributed by atoms with Gasteiger partial charge in [-0.05, 0) is 97.7 Å². The van der Waals surface area contributed by atoms with Crippen LogP contribution in [-0.2, 0) is 55.1 Å². The Bertz CT molecular complexity index is 2790. The van der Waals surface area contributed by atoms with Crippen molar-refractivity contribution in [3.05, 3.63) is 83.6 Å². The summed E-state index contributed by atoms with van der Waals surface area (Å²) in [6, 6.07) is 12.0. The number of benzene rings is 2. The van der Waals surface area contributed by atoms with Crippen molar-refractivity contribution in [2.45, 2.75) is 104 Å². The lowest BCUT2D eigenvalue weighted by atomic mass is 9.84. The summed E-state index contributed by atoms with van der Waals surface area (Å²) in [6.45, 7) is 13.4. The molecule has 2 aromatic carbocycles. The molecule has 5 atom stereocenters. The van der Waals surface area contributed by atoms with Crippen LogP contribution in [0.15, 0.2) is 60.9 Å². The predicted octanol–water partition coefficient (Wildman–Crippen LogP) is 4.89. The molecule has 6 heterocycles. The second kappa shape index (κ2) is 19.8. The van der Waals surface area contributed by atoms with Crippen molar-refractivity contribution in [3.63, 3.8) is 0 Å². The summed E-state index contributed by atoms with van der Waals surface area (Å²) in [5.74, 6) is -2.53. The number of aromatic hydroxyl groups is 1. The van der Waals surface area contributed by atoms with E-state index in [2.05, 4.69) is 69.9 Å². The van der Waals surface area contributed by atoms with Gasteiger partial charge in [-0.15, -0.1) is 0 Å². The lowest BCUT2D eigenvalue weighted by molar-refractivity contribution is -0.155. The number of aromatic nitrogens is 4. The molecule has 3 aromatic heterocycles. The minimum absolute atomic E-state index is 0.00345. The fourth-order valence-electron chi connectivity index (χ4n) is 9.72. The SMILES string of the molecule is CCn1c(-c2cccnc2[C@H](C)OC)c2c3cc(ccc31)-c1cc(O)cc(c1)C[C@H](NC(=O)C(C(C)C)N(C)C(=O)c1ncc(NC(=O)[C@@H]3CN3)n1C)C(=O)N1CCC[C@H](N1)C(=O)OCC(C)(C)C2. The molecular formula is C51H64N10O8. The number of phenols is 1. The first kappa shape index (κ1) is 48.8. The number of carbonyl (C=O) groups excluding carboxylic acids is 5. The van der Waals surface area contributed by atoms with Crippen molar-refractivity contribution in [1.82, 2.24) is 45.1 Å². The molecule has 366 valence electrons. The van der Waals surface area contributed by atoms with Gasteiger partial charge in [0.25, 0.3) is 11.8 Å². The highest BCUT2D eigenvalue weighted by Crippen LogP contribution is 2.42. The van der Waals surface area contributed by atoms with Crippen LogP contribution in [0.1, 0.15) is 87.9 Å². The van der Waals surface area contributed by atoms with Crippen LogP contribution >= 0.6 is 0 Å². The molecule has 5 aromatic rings. The Labute approximate surface area is 402 Å². The summed E-state index contributed by atoms with van der Waals surface area (Å²) in [4.78, 5) is 80.3. The third-order valence-corrected chi connectivity index (χ3v) is 13.5. The molecule has 0 saturated carbocycles. The molecule has 2 saturated heterocycles. The number of nitrogens with one attached hydrogen (secondary N) is 4. The van der Waals surface area contributed by atoms with Gasteiger partial charge in [0.2, 0.25) is 17.6 Å². The van der Waals surface area contributed by atoms with E-state index in [1.165, 1.54) is 27.7 Å². The number of methoxy groups -OCH3 is 1. The largest absolute Gasteiger partial charge is 0.508 e. The number of hydrazine groups is 1. The number of rotatable bonds is 11. The van der Waals surface area contributed by atoms with Crippen LogP contribution in [-0.4, -0.2) is 122 Å². The molecule has 69 heavy (non-hydrogen) atoms. The fraction of sp³-hybridized carbons (Fsp3) is 0.471. The van der Waals surface area contributed by atoms with Gasteiger partial charge in [-0.2, -0.15) is 0 Å². The van der Waals surface area contributed by atoms with Gasteiger partial charge >= 0.3 is 5.97 Å². The summed E-state index contributed by atoms with van der Waals surface area (Å²) in [6.07, 6.45) is 4.27. The first-order valence-electron chi connectivity index (χ1n) is 23.7. The zero-order valence-corrected chi connectivity index (χ0v) is 40.9. The van der Waals surface area contributed by atoms with Crippen molar-refractivity contribution < 1.29 is 38.6 Å². The fourth-order valence-corrected chi connectivity index (χ4v) is 9.72. The smallest absolute Gasteiger partial charge is 0.324 e. The van der Waals surface area contributed by atoms with Gasteiger partial charge in [-0.3, -0.25) is 34.0 Å². The Balaban J connectivity index is 1.19. The molecule has 4 amide bonds. The average Bonchev–Trinajstić information content (AvgIpc) is 4.07. The molecule has 18 nitrogen and oxygen atoms in total. The van der Waals surface area contributed by atoms with E-state index < -0.39 is 53.1 Å². The summed E-state index contributed by atoms with van der Waals surface area (Å²) < 4.78 is 15.7. The number of fused-ring (bicyclic) bond motifs is 6. The van der Waals surface area contributed by atoms with Gasteiger partial charge in [0.05, 0.1) is 36.3 Å². The van der Waals surface area contributed by atoms with E-state index in [4.69, 9.17) is 14.5 Å². The molecule has 3 aliphatic heterocycles. The topological polar surface area (TPSA) is 224 Å². The average molecular weight is 945 g/mol. The van der Waals surface area contributed by atoms with Gasteiger partial charge in [-0.25, -0.2) is 10.4 Å². The van der Waals surface area contributed by atoms with E-state index in [1.807, 2.05) is 25.1 Å². The molecule has 18 heteroatoms. The quantitative estimate of drug-likeness (QED) is 0.0882. The zero-order valence-electron chi connectivity index (χ0n) is 40.9. The summed E-state index contributed by atoms with van der Waals surface area (Å²) in [7, 11) is 4.77. The minimum atomic E-state index is -1.21. The Kier molecular flexibility index (Phi) is 14.0. The number of pyridine rings is 1. The monoisotopic (exact) mass is 944 g/mol. The summed E-state index contributed by atoms with van der Waals surface area (Å²) in [5.41, 5.74) is 9.42. The molecule has 1 unspecified atom stereocenters. The molecule has 0 aliphatic carbocycles. The highest BCUT2D eigenvalue weighted by molar-refractivity contribution is 5.99. The van der Waals surface area contributed by atoms with Crippen LogP contribution in [0.4, 0.5) is 5.82 Å². The van der Waals surface area contributed by atoms with Crippen molar-refractivity contribution in [1.29, 1.82) is 0 Å². The molecular weight excluding hydrogens is 881 g/mol. The molecule has 2 fully saturated rings. The number of carbonyl (C=O) groups is 5. The highest BCUT2D eigenvalue weighted by Gasteiger charge is 2.39. The number of amides is 4. The maximum atomic E-state index is 14.8. The first-order valence-corrected chi connectivity index (χ1v) is 23.7. The van der Waals surface area contributed by atoms with Crippen LogP contribution < -0.4 is 21.4 Å². The first-order chi connectivity index (χ1) is 32.9. The predicted molar refractivity (Wildman–Crippen MR) is 260 cm³/mol. The number of ether oxygens (including phenoxy) is 2. The highest BCUT2D eigenvalue weighted by atomic mass is 16.5. The van der Waals surface area contributed by atoms with Crippen LogP contribution in [0, 0.1) is 11.3 Å². The summed E-state index contributed by atoms with van der Waals surface area (Å²) in [5, 5.41) is 22.4. The lowest BCUT2D eigenvalue weighted by Gasteiger charge is -2.36. The van der Waals surface area contributed by atoms with E-state index in [0.717, 1.165) is 39.0 Å². The number of likely N-dealkylation sites (N-methyl/N-ethyl adjacent to an activating group) is 1. The van der Waals surface area contributed by atoms with Gasteiger partial charge in [-0.1, -0.05) is 39.8 Å². The third-order valence-electron chi connectivity index (χ3n) is 13.5. The number of phenolic OH excluding ortho intramolecular Hbond substituents is 1. The Morgan fingerprint density at radius 3 is 2.55 bits per heavy atom. The van der Waals surface area contributed by atoms with Crippen molar-refractivity contribution in [2.75, 3.05) is 39.2 Å². The third kappa shape index (κ3) is 10.1. The van der Waals surface area contributed by atoms with Crippen LogP contribution in [0.2, 0.25) is 0 Å². The number of anilines is 1. The molecule has 8 rings (SSSR count). The standard InChI is InChI=1S/C51H64N10O8/c1-10-60-40-16-15-31-23-35(40)36(44(60)34-13-11-17-52-42(34)29(4)68-9)24-51(5,6)27-69-50(67)37-14-12-18-61(57-37)48(65)38(21-30-19-32(31)22-33(62)20-30)55-47(64)43(28(2)3)59(8)49(66)45-54-26-41(58(45)7)56-46(63)39-25-53-39/h11,13,15-17,19-20,22-23,26,28-29,37-39,43,53,57,62H,10,12,14,18,21,24-25,27H2,1-9H3,(H,55,64)(H,56,63)/t29-,37-,38-,39-,43?/m0/s1. The van der Waals surface area contributed by atoms with E-state index in [0.29, 0.717) is 49.3 Å². The van der Waals surface area contributed by atoms with Crippen LogP contribution in [0.5, 0.6) is 5.75 Å². The molecule has 0 radical (unpaired) electrons. The number of hydrogen-bond acceptors (Lipinski definition) is 12. The number of imidazole rings is 1. The van der Waals surface area contributed by atoms with Crippen molar-refractivity contribution in [2.24, 2.45) is 18.4 Å². The Morgan fingerprint density at radius 2 is 1.84 bits per heavy atom. The Morgan fingerprint density at radius 1 is 1.07 bits per heavy atom. The maximum absolute atomic E-state index is 14.8. The van der Waals surface area contributed by atoms with Gasteiger partial charge in [0.1, 0.15) is 29.7 Å². The van der Waals surface area contributed by atoms with E-state index in [-0.39, 0.29) is 49.2 Å². The van der Waals surface area contributed by atoms with Crippen molar-refractivity contribution >= 4 is 46.3 Å². The molecule has 0 spiro atoms. The molecule has 3 aliphatic rings. The number of nitrogens with zero attached hydrogens (tertiary/aromatic N) is 6. The van der Waals surface area contributed by atoms with E-state index in [9.17, 15) is 29.1 Å². The van der Waals surface area contributed by atoms with Gasteiger partial charge < -0.3 is 44.6 Å². The van der Waals surface area contributed by atoms with Gasteiger partial charge in [0, 0.05) is 75.3 Å². The zero-order chi connectivity index (χ0) is 49.5. The van der Waals surface area contributed by atoms with Crippen LogP contribution in [0.25, 0.3) is 33.3 Å². The number of cyclic esters (lactones) is 1.